The lowest BCUT2D eigenvalue weighted by molar-refractivity contribution is -0.0831. The number of anilines is 3. The zero-order valence-corrected chi connectivity index (χ0v) is 24.2. The van der Waals surface area contributed by atoms with Crippen molar-refractivity contribution in [2.24, 2.45) is 0 Å². The fraction of sp³-hybridized carbons (Fsp3) is 0.516. The lowest BCUT2D eigenvalue weighted by Crippen LogP contribution is -2.70. The van der Waals surface area contributed by atoms with E-state index in [-0.39, 0.29) is 17.8 Å². The molecule has 4 aliphatic heterocycles. The van der Waals surface area contributed by atoms with Crippen LogP contribution in [0.2, 0.25) is 0 Å². The molecule has 0 unspecified atom stereocenters. The van der Waals surface area contributed by atoms with Gasteiger partial charge in [0.05, 0.1) is 54.9 Å². The van der Waals surface area contributed by atoms with Gasteiger partial charge in [-0.3, -0.25) is 9.88 Å². The molecule has 0 amide bonds. The first-order valence-corrected chi connectivity index (χ1v) is 15.0. The molecule has 4 saturated heterocycles. The Kier molecular flexibility index (Phi) is 7.40. The van der Waals surface area contributed by atoms with Crippen molar-refractivity contribution in [2.75, 3.05) is 93.3 Å². The topological polar surface area (TPSA) is 93.0 Å². The minimum Gasteiger partial charge on any atom is -0.370 e. The van der Waals surface area contributed by atoms with E-state index < -0.39 is 0 Å². The molecule has 1 spiro atoms. The predicted molar refractivity (Wildman–Crippen MR) is 165 cm³/mol. The summed E-state index contributed by atoms with van der Waals surface area (Å²) in [6.45, 7) is 13.0. The van der Waals surface area contributed by atoms with Gasteiger partial charge in [0.25, 0.3) is 0 Å². The Hall–Kier alpha value is -3.43. The first kappa shape index (κ1) is 27.4. The lowest BCUT2D eigenvalue weighted by Gasteiger charge is -2.52. The molecule has 10 nitrogen and oxygen atoms in total. The number of hydrogen-bond acceptors (Lipinski definition) is 10. The standard InChI is InChI=1S/C31H37BN8O2/c1-22-16-39(27-5-2-23(14-33)30-26(27)4-6-28(32)36-30)18-25(42-22)17-37-9-11-38(12-10-37)24-3-7-29(35-15-24)40-20-31(21-40)19-34-8-13-41-31/h2-7,15,22,25,34H,8-13,16-21H2,1H3/t22-,25+/m1/s1. The van der Waals surface area contributed by atoms with Crippen molar-refractivity contribution >= 4 is 41.5 Å². The van der Waals surface area contributed by atoms with Gasteiger partial charge >= 0.3 is 0 Å². The van der Waals surface area contributed by atoms with Crippen molar-refractivity contribution in [2.45, 2.75) is 24.7 Å². The summed E-state index contributed by atoms with van der Waals surface area (Å²) in [6, 6.07) is 14.3. The van der Waals surface area contributed by atoms with Gasteiger partial charge in [0.15, 0.2) is 0 Å². The maximum absolute atomic E-state index is 9.59. The average Bonchev–Trinajstić information content (AvgIpc) is 3.00. The molecule has 4 aliphatic rings. The number of fused-ring (bicyclic) bond motifs is 1. The first-order chi connectivity index (χ1) is 20.5. The Labute approximate surface area is 248 Å². The molecular weight excluding hydrogens is 527 g/mol. The smallest absolute Gasteiger partial charge is 0.141 e. The van der Waals surface area contributed by atoms with Gasteiger partial charge in [0.2, 0.25) is 0 Å². The largest absolute Gasteiger partial charge is 0.370 e. The van der Waals surface area contributed by atoms with Gasteiger partial charge in [-0.25, -0.2) is 4.98 Å². The summed E-state index contributed by atoms with van der Waals surface area (Å²) < 4.78 is 12.4. The van der Waals surface area contributed by atoms with E-state index in [1.165, 1.54) is 5.69 Å². The van der Waals surface area contributed by atoms with Crippen molar-refractivity contribution in [1.82, 2.24) is 20.2 Å². The minimum absolute atomic E-state index is 0.0344. The number of morpholine rings is 2. The van der Waals surface area contributed by atoms with Crippen LogP contribution >= 0.6 is 0 Å². The molecule has 1 N–H and O–H groups in total. The molecule has 2 atom stereocenters. The number of benzene rings is 1. The van der Waals surface area contributed by atoms with Gasteiger partial charge in [0.1, 0.15) is 25.3 Å². The fourth-order valence-corrected chi connectivity index (χ4v) is 6.88. The number of nitrogens with zero attached hydrogens (tertiary/aromatic N) is 7. The highest BCUT2D eigenvalue weighted by molar-refractivity contribution is 6.31. The lowest BCUT2D eigenvalue weighted by atomic mass is 9.92. The molecule has 3 aromatic rings. The second kappa shape index (κ2) is 11.3. The molecule has 216 valence electrons. The van der Waals surface area contributed by atoms with Crippen molar-refractivity contribution in [1.29, 1.82) is 5.26 Å². The molecular formula is C31H37BN8O2. The second-order valence-corrected chi connectivity index (χ2v) is 12.1. The highest BCUT2D eigenvalue weighted by Gasteiger charge is 2.45. The van der Waals surface area contributed by atoms with Crippen LogP contribution in [0.3, 0.4) is 0 Å². The third-order valence-corrected chi connectivity index (χ3v) is 8.99. The van der Waals surface area contributed by atoms with Crippen molar-refractivity contribution in [3.63, 3.8) is 0 Å². The molecule has 2 radical (unpaired) electrons. The number of pyridine rings is 2. The molecule has 0 bridgehead atoms. The minimum atomic E-state index is -0.0344. The molecule has 4 fully saturated rings. The summed E-state index contributed by atoms with van der Waals surface area (Å²) in [6.07, 6.45) is 2.21. The van der Waals surface area contributed by atoms with Gasteiger partial charge < -0.3 is 29.5 Å². The van der Waals surface area contributed by atoms with Gasteiger partial charge in [-0.05, 0) is 42.8 Å². The van der Waals surface area contributed by atoms with Crippen molar-refractivity contribution < 1.29 is 9.47 Å². The molecule has 42 heavy (non-hydrogen) atoms. The van der Waals surface area contributed by atoms with Crippen LogP contribution in [-0.2, 0) is 9.47 Å². The predicted octanol–water partition coefficient (Wildman–Crippen LogP) is 0.890. The number of nitriles is 1. The van der Waals surface area contributed by atoms with Crippen LogP contribution in [0.25, 0.3) is 10.9 Å². The van der Waals surface area contributed by atoms with Gasteiger partial charge in [-0.1, -0.05) is 6.07 Å². The summed E-state index contributed by atoms with van der Waals surface area (Å²) in [5.74, 6) is 1.03. The molecule has 0 saturated carbocycles. The van der Waals surface area contributed by atoms with E-state index >= 15 is 0 Å². The number of hydrogen-bond donors (Lipinski definition) is 1. The molecule has 1 aromatic carbocycles. The molecule has 6 heterocycles. The molecule has 11 heteroatoms. The maximum atomic E-state index is 9.59. The van der Waals surface area contributed by atoms with Crippen LogP contribution < -0.4 is 25.6 Å². The summed E-state index contributed by atoms with van der Waals surface area (Å²) in [5.41, 5.74) is 3.85. The first-order valence-electron chi connectivity index (χ1n) is 15.0. The van der Waals surface area contributed by atoms with E-state index in [0.29, 0.717) is 16.7 Å². The molecule has 7 rings (SSSR count). The third kappa shape index (κ3) is 5.40. The van der Waals surface area contributed by atoms with E-state index in [0.717, 1.165) is 95.5 Å². The Morgan fingerprint density at radius 1 is 1.05 bits per heavy atom. The van der Waals surface area contributed by atoms with Gasteiger partial charge in [-0.15, -0.1) is 0 Å². The normalized spacial score (nSPS) is 24.5. The Morgan fingerprint density at radius 2 is 1.90 bits per heavy atom. The number of ether oxygens (including phenoxy) is 2. The Morgan fingerprint density at radius 3 is 2.64 bits per heavy atom. The van der Waals surface area contributed by atoms with E-state index in [4.69, 9.17) is 22.3 Å². The fourth-order valence-electron chi connectivity index (χ4n) is 6.88. The summed E-state index contributed by atoms with van der Waals surface area (Å²) in [7, 11) is 5.95. The third-order valence-electron chi connectivity index (χ3n) is 8.99. The number of aromatic nitrogens is 2. The van der Waals surface area contributed by atoms with Crippen molar-refractivity contribution in [3.05, 3.63) is 48.2 Å². The van der Waals surface area contributed by atoms with Crippen molar-refractivity contribution in [3.8, 4) is 6.07 Å². The summed E-state index contributed by atoms with van der Waals surface area (Å²) in [4.78, 5) is 18.9. The van der Waals surface area contributed by atoms with E-state index in [9.17, 15) is 5.26 Å². The number of piperazine rings is 1. The summed E-state index contributed by atoms with van der Waals surface area (Å²) >= 11 is 0. The highest BCUT2D eigenvalue weighted by atomic mass is 16.5. The van der Waals surface area contributed by atoms with Crippen LogP contribution in [0.5, 0.6) is 0 Å². The highest BCUT2D eigenvalue weighted by Crippen LogP contribution is 2.32. The molecule has 0 aliphatic carbocycles. The van der Waals surface area contributed by atoms with E-state index in [1.54, 1.807) is 6.07 Å². The van der Waals surface area contributed by atoms with E-state index in [2.05, 4.69) is 55.0 Å². The van der Waals surface area contributed by atoms with Gasteiger partial charge in [-0.2, -0.15) is 5.26 Å². The Bertz CT molecular complexity index is 1460. The van der Waals surface area contributed by atoms with Gasteiger partial charge in [0, 0.05) is 70.0 Å². The quantitative estimate of drug-likeness (QED) is 0.451. The zero-order chi connectivity index (χ0) is 28.7. The number of nitrogens with one attached hydrogen (secondary N) is 1. The monoisotopic (exact) mass is 564 g/mol. The van der Waals surface area contributed by atoms with Crippen LogP contribution in [0, 0.1) is 11.3 Å². The maximum Gasteiger partial charge on any atom is 0.141 e. The number of rotatable bonds is 5. The second-order valence-electron chi connectivity index (χ2n) is 12.1. The van der Waals surface area contributed by atoms with Crippen LogP contribution in [-0.4, -0.2) is 119 Å². The SMILES string of the molecule is [B]c1ccc2c(N3C[C@H](CN4CCN(c5ccc(N6CC7(CNCCO7)C6)nc5)CC4)O[C@H](C)C3)ccc(C#N)c2n1. The molecule has 2 aromatic heterocycles. The Balaban J connectivity index is 0.945. The van der Waals surface area contributed by atoms with E-state index in [1.807, 2.05) is 24.4 Å². The zero-order valence-electron chi connectivity index (χ0n) is 24.2. The van der Waals surface area contributed by atoms with Crippen LogP contribution in [0.1, 0.15) is 12.5 Å². The average molecular weight is 565 g/mol. The summed E-state index contributed by atoms with van der Waals surface area (Å²) in [5, 5.41) is 14.0. The van der Waals surface area contributed by atoms with Crippen LogP contribution in [0.15, 0.2) is 42.6 Å². The van der Waals surface area contributed by atoms with Crippen LogP contribution in [0.4, 0.5) is 17.2 Å².